The van der Waals surface area contributed by atoms with Gasteiger partial charge in [0.1, 0.15) is 0 Å². The number of aromatic nitrogens is 2. The van der Waals surface area contributed by atoms with E-state index in [0.29, 0.717) is 6.41 Å². The number of hydrogen-bond acceptors (Lipinski definition) is 3. The van der Waals surface area contributed by atoms with Crippen LogP contribution in [0.15, 0.2) is 6.20 Å². The van der Waals surface area contributed by atoms with Crippen LogP contribution in [0.5, 0.6) is 0 Å². The first-order valence-electron chi connectivity index (χ1n) is 2.50. The maximum atomic E-state index is 10.1. The van der Waals surface area contributed by atoms with E-state index >= 15 is 0 Å². The van der Waals surface area contributed by atoms with Gasteiger partial charge < -0.3 is 5.73 Å². The third-order valence-corrected chi connectivity index (χ3v) is 0.995. The Morgan fingerprint density at radius 3 is 2.78 bits per heavy atom. The van der Waals surface area contributed by atoms with Gasteiger partial charge in [0.15, 0.2) is 0 Å². The normalized spacial score (nSPS) is 9.44. The standard InChI is InChI=1S/C5H7N3O/c1-4-2-8(3-9)5(6)7-4/h2-3H,1H3,(H2,6,7). The molecule has 0 spiro atoms. The lowest BCUT2D eigenvalue weighted by Gasteiger charge is -1.86. The molecule has 0 aromatic carbocycles. The van der Waals surface area contributed by atoms with E-state index in [-0.39, 0.29) is 5.95 Å². The Hall–Kier alpha value is -1.32. The Morgan fingerprint density at radius 1 is 1.89 bits per heavy atom. The van der Waals surface area contributed by atoms with Crippen LogP contribution in [0.25, 0.3) is 0 Å². The second kappa shape index (κ2) is 1.89. The minimum atomic E-state index is 0.238. The van der Waals surface area contributed by atoms with Gasteiger partial charge in [-0.3, -0.25) is 9.36 Å². The van der Waals surface area contributed by atoms with Gasteiger partial charge in [-0.1, -0.05) is 0 Å². The van der Waals surface area contributed by atoms with Crippen molar-refractivity contribution < 1.29 is 4.79 Å². The first-order chi connectivity index (χ1) is 4.24. The zero-order valence-electron chi connectivity index (χ0n) is 5.03. The molecule has 4 nitrogen and oxygen atoms in total. The van der Waals surface area contributed by atoms with Crippen molar-refractivity contribution in [1.29, 1.82) is 0 Å². The molecular weight excluding hydrogens is 118 g/mol. The summed E-state index contributed by atoms with van der Waals surface area (Å²) in [5, 5.41) is 0. The van der Waals surface area contributed by atoms with Crippen molar-refractivity contribution in [2.45, 2.75) is 6.92 Å². The van der Waals surface area contributed by atoms with E-state index in [2.05, 4.69) is 4.98 Å². The molecule has 1 rings (SSSR count). The fraction of sp³-hybridized carbons (Fsp3) is 0.200. The second-order valence-electron chi connectivity index (χ2n) is 1.75. The molecule has 0 aliphatic heterocycles. The highest BCUT2D eigenvalue weighted by Crippen LogP contribution is 1.98. The van der Waals surface area contributed by atoms with Crippen molar-refractivity contribution in [1.82, 2.24) is 9.55 Å². The Labute approximate surface area is 52.3 Å². The molecule has 0 aliphatic rings. The summed E-state index contributed by atoms with van der Waals surface area (Å²) in [7, 11) is 0. The lowest BCUT2D eigenvalue weighted by Crippen LogP contribution is -1.99. The first kappa shape index (κ1) is 5.81. The van der Waals surface area contributed by atoms with Gasteiger partial charge >= 0.3 is 0 Å². The molecule has 0 amide bonds. The predicted octanol–water partition coefficient (Wildman–Crippen LogP) is -0.188. The van der Waals surface area contributed by atoms with Crippen LogP contribution in [0.2, 0.25) is 0 Å². The number of hydrogen-bond donors (Lipinski definition) is 1. The number of nitrogens with two attached hydrogens (primary N) is 1. The van der Waals surface area contributed by atoms with Crippen molar-refractivity contribution in [3.05, 3.63) is 11.9 Å². The molecule has 4 heteroatoms. The molecule has 0 unspecified atom stereocenters. The van der Waals surface area contributed by atoms with Gasteiger partial charge in [-0.05, 0) is 6.92 Å². The highest BCUT2D eigenvalue weighted by molar-refractivity contribution is 5.57. The summed E-state index contributed by atoms with van der Waals surface area (Å²) in [4.78, 5) is 13.9. The number of nitrogen functional groups attached to an aromatic ring is 1. The lowest BCUT2D eigenvalue weighted by molar-refractivity contribution is 0.548. The van der Waals surface area contributed by atoms with Crippen molar-refractivity contribution in [3.8, 4) is 0 Å². The van der Waals surface area contributed by atoms with Crippen molar-refractivity contribution >= 4 is 12.4 Å². The molecule has 9 heavy (non-hydrogen) atoms. The Balaban J connectivity index is 3.15. The van der Waals surface area contributed by atoms with Gasteiger partial charge in [-0.15, -0.1) is 0 Å². The molecule has 0 fully saturated rings. The predicted molar refractivity (Wildman–Crippen MR) is 33.5 cm³/mol. The van der Waals surface area contributed by atoms with Gasteiger partial charge in [-0.25, -0.2) is 4.98 Å². The topological polar surface area (TPSA) is 60.9 Å². The number of carbonyl (C=O) groups excluding carboxylic acids is 1. The molecule has 1 aromatic heterocycles. The number of nitrogens with zero attached hydrogens (tertiary/aromatic N) is 2. The zero-order valence-corrected chi connectivity index (χ0v) is 5.03. The Morgan fingerprint density at radius 2 is 2.56 bits per heavy atom. The number of rotatable bonds is 1. The minimum Gasteiger partial charge on any atom is -0.369 e. The second-order valence-corrected chi connectivity index (χ2v) is 1.75. The van der Waals surface area contributed by atoms with E-state index in [0.717, 1.165) is 5.69 Å². The number of carbonyl (C=O) groups is 1. The van der Waals surface area contributed by atoms with E-state index in [1.165, 1.54) is 4.57 Å². The Kier molecular flexibility index (Phi) is 1.22. The number of aryl methyl sites for hydroxylation is 1. The van der Waals surface area contributed by atoms with E-state index in [4.69, 9.17) is 5.73 Å². The molecule has 2 N–H and O–H groups in total. The summed E-state index contributed by atoms with van der Waals surface area (Å²) < 4.78 is 1.23. The van der Waals surface area contributed by atoms with Crippen LogP contribution in [-0.2, 0) is 4.79 Å². The van der Waals surface area contributed by atoms with E-state index in [9.17, 15) is 4.79 Å². The monoisotopic (exact) mass is 125 g/mol. The molecule has 0 atom stereocenters. The van der Waals surface area contributed by atoms with Gasteiger partial charge in [0.2, 0.25) is 12.4 Å². The maximum absolute atomic E-state index is 10.1. The van der Waals surface area contributed by atoms with Crippen molar-refractivity contribution in [2.75, 3.05) is 5.73 Å². The van der Waals surface area contributed by atoms with E-state index in [1.807, 2.05) is 0 Å². The average Bonchev–Trinajstić information content (AvgIpc) is 2.10. The lowest BCUT2D eigenvalue weighted by atomic mass is 10.6. The minimum absolute atomic E-state index is 0.238. The van der Waals surface area contributed by atoms with Crippen LogP contribution in [0, 0.1) is 6.92 Å². The highest BCUT2D eigenvalue weighted by Gasteiger charge is 1.96. The molecule has 0 bridgehead atoms. The van der Waals surface area contributed by atoms with E-state index < -0.39 is 0 Å². The first-order valence-corrected chi connectivity index (χ1v) is 2.50. The van der Waals surface area contributed by atoms with Crippen LogP contribution < -0.4 is 5.73 Å². The molecular formula is C5H7N3O. The molecule has 0 saturated heterocycles. The summed E-state index contributed by atoms with van der Waals surface area (Å²) in [6.45, 7) is 1.77. The van der Waals surface area contributed by atoms with Crippen LogP contribution >= 0.6 is 0 Å². The largest absolute Gasteiger partial charge is 0.369 e. The third-order valence-electron chi connectivity index (χ3n) is 0.995. The quantitative estimate of drug-likeness (QED) is 0.529. The number of anilines is 1. The fourth-order valence-corrected chi connectivity index (χ4v) is 0.619. The van der Waals surface area contributed by atoms with Gasteiger partial charge in [0.25, 0.3) is 0 Å². The molecule has 0 saturated carbocycles. The summed E-state index contributed by atoms with van der Waals surface area (Å²) >= 11 is 0. The van der Waals surface area contributed by atoms with Gasteiger partial charge in [-0.2, -0.15) is 0 Å². The highest BCUT2D eigenvalue weighted by atomic mass is 16.1. The summed E-state index contributed by atoms with van der Waals surface area (Å²) in [6.07, 6.45) is 2.19. The SMILES string of the molecule is Cc1cn(C=O)c(N)n1. The van der Waals surface area contributed by atoms with Crippen LogP contribution in [0.1, 0.15) is 5.69 Å². The zero-order chi connectivity index (χ0) is 6.85. The smallest absolute Gasteiger partial charge is 0.220 e. The van der Waals surface area contributed by atoms with E-state index in [1.54, 1.807) is 13.1 Å². The van der Waals surface area contributed by atoms with Crippen molar-refractivity contribution in [3.63, 3.8) is 0 Å². The van der Waals surface area contributed by atoms with Crippen molar-refractivity contribution in [2.24, 2.45) is 0 Å². The molecule has 48 valence electrons. The summed E-state index contributed by atoms with van der Waals surface area (Å²) in [6, 6.07) is 0. The summed E-state index contributed by atoms with van der Waals surface area (Å²) in [5.41, 5.74) is 6.02. The van der Waals surface area contributed by atoms with Gasteiger partial charge in [0, 0.05) is 6.20 Å². The van der Waals surface area contributed by atoms with Crippen LogP contribution in [0.4, 0.5) is 5.95 Å². The molecule has 1 heterocycles. The maximum Gasteiger partial charge on any atom is 0.220 e. The van der Waals surface area contributed by atoms with Crippen LogP contribution in [-0.4, -0.2) is 16.0 Å². The molecule has 0 radical (unpaired) electrons. The average molecular weight is 125 g/mol. The molecule has 0 aliphatic carbocycles. The third kappa shape index (κ3) is 0.910. The van der Waals surface area contributed by atoms with Gasteiger partial charge in [0.05, 0.1) is 5.69 Å². The van der Waals surface area contributed by atoms with Crippen LogP contribution in [0.3, 0.4) is 0 Å². The Bertz CT molecular complexity index is 228. The summed E-state index contributed by atoms with van der Waals surface area (Å²) in [5.74, 6) is 0.238. The fourth-order valence-electron chi connectivity index (χ4n) is 0.619. The number of imidazole rings is 1. The molecule has 1 aromatic rings.